The van der Waals surface area contributed by atoms with E-state index in [9.17, 15) is 9.59 Å². The van der Waals surface area contributed by atoms with E-state index < -0.39 is 11.3 Å². The molecule has 1 saturated heterocycles. The maximum absolute atomic E-state index is 14.1. The van der Waals surface area contributed by atoms with Crippen LogP contribution in [0.2, 0.25) is 0 Å². The number of anilines is 2. The van der Waals surface area contributed by atoms with Gasteiger partial charge in [0.25, 0.3) is 5.91 Å². The van der Waals surface area contributed by atoms with E-state index in [1.807, 2.05) is 53.4 Å². The van der Waals surface area contributed by atoms with Gasteiger partial charge in [-0.25, -0.2) is 0 Å². The quantitative estimate of drug-likeness (QED) is 0.426. The van der Waals surface area contributed by atoms with Crippen molar-refractivity contribution in [2.45, 2.75) is 24.8 Å². The lowest BCUT2D eigenvalue weighted by Crippen LogP contribution is -2.47. The van der Waals surface area contributed by atoms with Crippen LogP contribution in [0, 0.1) is 0 Å². The summed E-state index contributed by atoms with van der Waals surface area (Å²) in [6.45, 7) is 2.00. The van der Waals surface area contributed by atoms with Gasteiger partial charge < -0.3 is 5.73 Å². The topological polar surface area (TPSA) is 79.5 Å². The van der Waals surface area contributed by atoms with Crippen molar-refractivity contribution in [2.24, 2.45) is 5.73 Å². The molecule has 0 saturated carbocycles. The number of amides is 2. The lowest BCUT2D eigenvalue weighted by Gasteiger charge is -2.38. The number of para-hydroxylation sites is 1. The first-order valence-electron chi connectivity index (χ1n) is 12.6. The number of benzene rings is 3. The summed E-state index contributed by atoms with van der Waals surface area (Å²) in [6.07, 6.45) is 3.10. The van der Waals surface area contributed by atoms with Crippen LogP contribution in [0.5, 0.6) is 0 Å². The Morgan fingerprint density at radius 1 is 0.838 bits per heavy atom. The van der Waals surface area contributed by atoms with Crippen LogP contribution >= 0.6 is 0 Å². The van der Waals surface area contributed by atoms with Gasteiger partial charge in [-0.15, -0.1) is 0 Å². The van der Waals surface area contributed by atoms with Gasteiger partial charge in [-0.1, -0.05) is 60.7 Å². The number of aromatic nitrogens is 1. The number of piperidine rings is 1. The molecular weight excluding hydrogens is 460 g/mol. The highest BCUT2D eigenvalue weighted by atomic mass is 16.2. The number of likely N-dealkylation sites (tertiary alicyclic amines) is 1. The van der Waals surface area contributed by atoms with Gasteiger partial charge >= 0.3 is 0 Å². The second kappa shape index (κ2) is 9.30. The van der Waals surface area contributed by atoms with Crippen LogP contribution in [0.1, 0.15) is 34.5 Å². The molecule has 3 aromatic carbocycles. The number of fused-ring (bicyclic) bond motifs is 2. The Morgan fingerprint density at radius 2 is 1.51 bits per heavy atom. The van der Waals surface area contributed by atoms with Gasteiger partial charge in [0.05, 0.1) is 22.4 Å². The van der Waals surface area contributed by atoms with Gasteiger partial charge in [0.15, 0.2) is 0 Å². The molecule has 4 aromatic rings. The fourth-order valence-electron chi connectivity index (χ4n) is 5.78. The van der Waals surface area contributed by atoms with Crippen molar-refractivity contribution in [3.63, 3.8) is 0 Å². The zero-order chi connectivity index (χ0) is 25.4. The molecule has 2 aliphatic heterocycles. The number of rotatable bonds is 5. The minimum atomic E-state index is -0.554. The molecule has 0 bridgehead atoms. The van der Waals surface area contributed by atoms with E-state index in [1.54, 1.807) is 18.3 Å². The standard InChI is InChI=1S/C31H28N4O2/c32-29(36)25-9-6-18-33-27(25)21-34-19-16-31(17-20-34)26-10-4-5-11-28(26)35(30(31)37)24-14-12-23(13-15-24)22-7-2-1-3-8-22/h1-15,18H,16-17,19-21H2,(H2,32,36). The van der Waals surface area contributed by atoms with Crippen LogP contribution in [-0.4, -0.2) is 34.8 Å². The maximum atomic E-state index is 14.1. The summed E-state index contributed by atoms with van der Waals surface area (Å²) in [5.41, 5.74) is 11.4. The smallest absolute Gasteiger partial charge is 0.250 e. The van der Waals surface area contributed by atoms with Gasteiger partial charge in [0, 0.05) is 18.4 Å². The van der Waals surface area contributed by atoms with E-state index in [4.69, 9.17) is 5.73 Å². The highest BCUT2D eigenvalue weighted by Gasteiger charge is 2.52. The normalized spacial score (nSPS) is 16.6. The highest BCUT2D eigenvalue weighted by molar-refractivity contribution is 6.13. The van der Waals surface area contributed by atoms with Crippen LogP contribution in [-0.2, 0) is 16.8 Å². The first-order valence-corrected chi connectivity index (χ1v) is 12.6. The van der Waals surface area contributed by atoms with Crippen molar-refractivity contribution < 1.29 is 9.59 Å². The summed E-state index contributed by atoms with van der Waals surface area (Å²) >= 11 is 0. The fraction of sp³-hybridized carbons (Fsp3) is 0.194. The van der Waals surface area contributed by atoms with Gasteiger partial charge in [-0.3, -0.25) is 24.4 Å². The molecule has 0 aliphatic carbocycles. The molecule has 0 unspecified atom stereocenters. The Bertz CT molecular complexity index is 1460. The van der Waals surface area contributed by atoms with Crippen LogP contribution in [0.15, 0.2) is 97.2 Å². The Morgan fingerprint density at radius 3 is 2.24 bits per heavy atom. The summed E-state index contributed by atoms with van der Waals surface area (Å²) < 4.78 is 0. The molecule has 37 heavy (non-hydrogen) atoms. The molecule has 6 heteroatoms. The number of hydrogen-bond acceptors (Lipinski definition) is 4. The second-order valence-corrected chi connectivity index (χ2v) is 9.79. The van der Waals surface area contributed by atoms with Gasteiger partial charge in [0.2, 0.25) is 5.91 Å². The van der Waals surface area contributed by atoms with Crippen LogP contribution in [0.4, 0.5) is 11.4 Å². The third-order valence-electron chi connectivity index (χ3n) is 7.74. The molecule has 1 spiro atoms. The molecule has 1 aromatic heterocycles. The Kier molecular flexibility index (Phi) is 5.81. The van der Waals surface area contributed by atoms with E-state index in [0.717, 1.165) is 41.2 Å². The Balaban J connectivity index is 1.26. The maximum Gasteiger partial charge on any atom is 0.250 e. The molecular formula is C31H28N4O2. The Labute approximate surface area is 216 Å². The number of pyridine rings is 1. The van der Waals surface area contributed by atoms with Crippen LogP contribution in [0.25, 0.3) is 11.1 Å². The third-order valence-corrected chi connectivity index (χ3v) is 7.74. The predicted octanol–water partition coefficient (Wildman–Crippen LogP) is 5.06. The Hall–Kier alpha value is -4.29. The molecule has 0 atom stereocenters. The van der Waals surface area contributed by atoms with Crippen LogP contribution < -0.4 is 10.6 Å². The van der Waals surface area contributed by atoms with E-state index in [-0.39, 0.29) is 5.91 Å². The minimum absolute atomic E-state index is 0.136. The number of hydrogen-bond donors (Lipinski definition) is 1. The lowest BCUT2D eigenvalue weighted by molar-refractivity contribution is -0.124. The van der Waals surface area contributed by atoms with Gasteiger partial charge in [-0.2, -0.15) is 0 Å². The van der Waals surface area contributed by atoms with E-state index in [1.165, 1.54) is 0 Å². The predicted molar refractivity (Wildman–Crippen MR) is 144 cm³/mol. The number of carbonyl (C=O) groups is 2. The summed E-state index contributed by atoms with van der Waals surface area (Å²) in [5.74, 6) is -0.332. The summed E-state index contributed by atoms with van der Waals surface area (Å²) in [7, 11) is 0. The summed E-state index contributed by atoms with van der Waals surface area (Å²) in [5, 5.41) is 0. The number of carbonyl (C=O) groups excluding carboxylic acids is 2. The van der Waals surface area contributed by atoms with Crippen molar-refractivity contribution in [3.8, 4) is 11.1 Å². The molecule has 2 N–H and O–H groups in total. The summed E-state index contributed by atoms with van der Waals surface area (Å²) in [4.78, 5) is 34.5. The molecule has 6 nitrogen and oxygen atoms in total. The average Bonchev–Trinajstić information content (AvgIpc) is 3.18. The monoisotopic (exact) mass is 488 g/mol. The first-order chi connectivity index (χ1) is 18.1. The zero-order valence-electron chi connectivity index (χ0n) is 20.5. The largest absolute Gasteiger partial charge is 0.366 e. The van der Waals surface area contributed by atoms with E-state index in [0.29, 0.717) is 30.6 Å². The first kappa shape index (κ1) is 23.1. The molecule has 184 valence electrons. The van der Waals surface area contributed by atoms with Crippen molar-refractivity contribution in [1.29, 1.82) is 0 Å². The van der Waals surface area contributed by atoms with Crippen molar-refractivity contribution in [2.75, 3.05) is 18.0 Å². The third kappa shape index (κ3) is 3.99. The van der Waals surface area contributed by atoms with Crippen molar-refractivity contribution in [1.82, 2.24) is 9.88 Å². The lowest BCUT2D eigenvalue weighted by atomic mass is 9.73. The zero-order valence-corrected chi connectivity index (χ0v) is 20.5. The second-order valence-electron chi connectivity index (χ2n) is 9.79. The van der Waals surface area contributed by atoms with Crippen molar-refractivity contribution >= 4 is 23.2 Å². The molecule has 0 radical (unpaired) electrons. The van der Waals surface area contributed by atoms with E-state index in [2.05, 4.69) is 40.2 Å². The van der Waals surface area contributed by atoms with E-state index >= 15 is 0 Å². The minimum Gasteiger partial charge on any atom is -0.366 e. The van der Waals surface area contributed by atoms with Gasteiger partial charge in [-0.05, 0) is 73.0 Å². The molecule has 3 heterocycles. The molecule has 1 fully saturated rings. The van der Waals surface area contributed by atoms with Gasteiger partial charge in [0.1, 0.15) is 0 Å². The summed E-state index contributed by atoms with van der Waals surface area (Å²) in [6, 6.07) is 30.1. The van der Waals surface area contributed by atoms with Crippen LogP contribution in [0.3, 0.4) is 0 Å². The number of nitrogens with zero attached hydrogens (tertiary/aromatic N) is 3. The molecule has 6 rings (SSSR count). The molecule has 2 aliphatic rings. The molecule has 2 amide bonds. The van der Waals surface area contributed by atoms with Crippen molar-refractivity contribution in [3.05, 3.63) is 114 Å². The highest BCUT2D eigenvalue weighted by Crippen LogP contribution is 2.50. The number of nitrogens with two attached hydrogens (primary N) is 1. The fourth-order valence-corrected chi connectivity index (χ4v) is 5.78. The SMILES string of the molecule is NC(=O)c1cccnc1CN1CCC2(CC1)C(=O)N(c1ccc(-c3ccccc3)cc1)c1ccccc12. The average molecular weight is 489 g/mol. The number of primary amides is 1.